The topological polar surface area (TPSA) is 55.2 Å². The highest BCUT2D eigenvalue weighted by atomic mass is 79.9. The van der Waals surface area contributed by atoms with Gasteiger partial charge in [-0.25, -0.2) is 5.10 Å². The molecule has 0 amide bonds. The molecule has 0 saturated carbocycles. The van der Waals surface area contributed by atoms with Crippen LogP contribution in [0.4, 0.5) is 0 Å². The summed E-state index contributed by atoms with van der Waals surface area (Å²) < 4.78 is 8.08. The number of halogens is 3. The second kappa shape index (κ2) is 7.70. The van der Waals surface area contributed by atoms with Crippen LogP contribution in [0.3, 0.4) is 0 Å². The van der Waals surface area contributed by atoms with Gasteiger partial charge in [-0.1, -0.05) is 39.1 Å². The lowest BCUT2D eigenvalue weighted by atomic mass is 10.2. The lowest BCUT2D eigenvalue weighted by molar-refractivity contribution is 0.414. The molecule has 25 heavy (non-hydrogen) atoms. The molecule has 1 heterocycles. The first-order chi connectivity index (χ1) is 12.0. The average molecular weight is 458 g/mol. The molecule has 0 unspecified atom stereocenters. The molecule has 0 bridgehead atoms. The van der Waals surface area contributed by atoms with Gasteiger partial charge >= 0.3 is 0 Å². The Hall–Kier alpha value is -1.67. The number of H-pyrrole nitrogens is 1. The highest BCUT2D eigenvalue weighted by Crippen LogP contribution is 2.29. The van der Waals surface area contributed by atoms with Gasteiger partial charge in [-0.15, -0.1) is 0 Å². The Morgan fingerprint density at radius 2 is 2.08 bits per heavy atom. The maximum atomic E-state index is 6.27. The van der Waals surface area contributed by atoms with Gasteiger partial charge in [-0.05, 0) is 48.6 Å². The van der Waals surface area contributed by atoms with Crippen molar-refractivity contribution in [1.29, 1.82) is 0 Å². The van der Waals surface area contributed by atoms with E-state index in [1.807, 2.05) is 18.2 Å². The minimum atomic E-state index is 0.339. The molecule has 3 aromatic rings. The molecule has 9 heteroatoms. The molecule has 2 aromatic carbocycles. The summed E-state index contributed by atoms with van der Waals surface area (Å²) in [7, 11) is 1.60. The van der Waals surface area contributed by atoms with Crippen molar-refractivity contribution >= 4 is 57.6 Å². The van der Waals surface area contributed by atoms with E-state index in [0.29, 0.717) is 32.0 Å². The van der Waals surface area contributed by atoms with Gasteiger partial charge in [-0.3, -0.25) is 0 Å². The number of nitrogens with zero attached hydrogens (tertiary/aromatic N) is 3. The lowest BCUT2D eigenvalue weighted by Crippen LogP contribution is -1.97. The highest BCUT2D eigenvalue weighted by Gasteiger charge is 2.12. The lowest BCUT2D eigenvalue weighted by Gasteiger charge is -2.06. The zero-order valence-electron chi connectivity index (χ0n) is 12.8. The Kier molecular flexibility index (Phi) is 5.58. The van der Waals surface area contributed by atoms with Crippen LogP contribution in [-0.4, -0.2) is 28.2 Å². The SMILES string of the molecule is COc1ccc(Br)cc1C=Nn1c(-c2ccc(Cl)cc2Cl)n[nH]c1=S. The fourth-order valence-corrected chi connectivity index (χ4v) is 3.22. The van der Waals surface area contributed by atoms with Crippen molar-refractivity contribution in [3.05, 3.63) is 61.3 Å². The summed E-state index contributed by atoms with van der Waals surface area (Å²) in [5.74, 6) is 1.17. The van der Waals surface area contributed by atoms with E-state index >= 15 is 0 Å². The largest absolute Gasteiger partial charge is 0.496 e. The van der Waals surface area contributed by atoms with Gasteiger partial charge < -0.3 is 4.74 Å². The number of benzene rings is 2. The van der Waals surface area contributed by atoms with Gasteiger partial charge in [0.05, 0.1) is 18.3 Å². The van der Waals surface area contributed by atoms with E-state index in [2.05, 4.69) is 31.2 Å². The number of nitrogens with one attached hydrogen (secondary N) is 1. The summed E-state index contributed by atoms with van der Waals surface area (Å²) in [6.07, 6.45) is 1.64. The van der Waals surface area contributed by atoms with E-state index in [-0.39, 0.29) is 0 Å². The molecule has 0 atom stereocenters. The quantitative estimate of drug-likeness (QED) is 0.411. The van der Waals surface area contributed by atoms with E-state index in [9.17, 15) is 0 Å². The van der Waals surface area contributed by atoms with E-state index < -0.39 is 0 Å². The molecule has 3 rings (SSSR count). The van der Waals surface area contributed by atoms with Gasteiger partial charge in [0.15, 0.2) is 5.82 Å². The Bertz CT molecular complexity index is 1020. The van der Waals surface area contributed by atoms with Crippen molar-refractivity contribution in [3.8, 4) is 17.1 Å². The van der Waals surface area contributed by atoms with E-state index in [0.717, 1.165) is 10.0 Å². The van der Waals surface area contributed by atoms with Crippen LogP contribution < -0.4 is 4.74 Å². The molecular weight excluding hydrogens is 447 g/mol. The number of aromatic nitrogens is 3. The third-order valence-corrected chi connectivity index (χ3v) is 4.63. The summed E-state index contributed by atoms with van der Waals surface area (Å²) in [4.78, 5) is 0. The average Bonchev–Trinajstić information content (AvgIpc) is 2.94. The van der Waals surface area contributed by atoms with Gasteiger partial charge in [0, 0.05) is 20.6 Å². The Balaban J connectivity index is 2.06. The molecule has 0 fully saturated rings. The molecule has 0 aliphatic carbocycles. The molecule has 0 spiro atoms. The third kappa shape index (κ3) is 3.95. The molecule has 0 radical (unpaired) electrons. The predicted molar refractivity (Wildman–Crippen MR) is 107 cm³/mol. The van der Waals surface area contributed by atoms with Crippen LogP contribution in [0.15, 0.2) is 46.0 Å². The van der Waals surface area contributed by atoms with E-state index in [1.54, 1.807) is 31.5 Å². The van der Waals surface area contributed by atoms with E-state index in [4.69, 9.17) is 40.2 Å². The van der Waals surface area contributed by atoms with Crippen LogP contribution in [0, 0.1) is 4.77 Å². The Morgan fingerprint density at radius 1 is 1.28 bits per heavy atom. The molecule has 0 aliphatic heterocycles. The normalized spacial score (nSPS) is 11.2. The minimum absolute atomic E-state index is 0.339. The Morgan fingerprint density at radius 3 is 2.80 bits per heavy atom. The second-order valence-corrected chi connectivity index (χ2v) is 7.07. The summed E-state index contributed by atoms with van der Waals surface area (Å²) in [6, 6.07) is 10.8. The van der Waals surface area contributed by atoms with Crippen molar-refractivity contribution in [2.75, 3.05) is 7.11 Å². The number of aromatic amines is 1. The molecule has 5 nitrogen and oxygen atoms in total. The molecule has 0 aliphatic rings. The zero-order valence-corrected chi connectivity index (χ0v) is 16.7. The van der Waals surface area contributed by atoms with Crippen LogP contribution in [-0.2, 0) is 0 Å². The number of methoxy groups -OCH3 is 1. The maximum absolute atomic E-state index is 6.27. The third-order valence-electron chi connectivity index (χ3n) is 3.33. The number of ether oxygens (including phenoxy) is 1. The van der Waals surface area contributed by atoms with Gasteiger partial charge in [0.25, 0.3) is 0 Å². The van der Waals surface area contributed by atoms with Crippen LogP contribution in [0.5, 0.6) is 5.75 Å². The van der Waals surface area contributed by atoms with E-state index in [1.165, 1.54) is 4.68 Å². The van der Waals surface area contributed by atoms with Crippen molar-refractivity contribution in [2.24, 2.45) is 5.10 Å². The summed E-state index contributed by atoms with van der Waals surface area (Å²) in [5, 5.41) is 12.4. The first-order valence-electron chi connectivity index (χ1n) is 7.00. The summed E-state index contributed by atoms with van der Waals surface area (Å²) >= 11 is 20.9. The maximum Gasteiger partial charge on any atom is 0.216 e. The molecule has 128 valence electrons. The first kappa shape index (κ1) is 18.1. The van der Waals surface area contributed by atoms with Gasteiger partial charge in [0.2, 0.25) is 4.77 Å². The number of hydrogen-bond donors (Lipinski definition) is 1. The second-order valence-electron chi connectivity index (χ2n) is 4.92. The summed E-state index contributed by atoms with van der Waals surface area (Å²) in [6.45, 7) is 0. The van der Waals surface area contributed by atoms with Crippen LogP contribution >= 0.6 is 51.3 Å². The molecule has 0 saturated heterocycles. The molecule has 1 N–H and O–H groups in total. The summed E-state index contributed by atoms with van der Waals surface area (Å²) in [5.41, 5.74) is 1.45. The van der Waals surface area contributed by atoms with Crippen molar-refractivity contribution < 1.29 is 4.74 Å². The van der Waals surface area contributed by atoms with Crippen molar-refractivity contribution in [2.45, 2.75) is 0 Å². The minimum Gasteiger partial charge on any atom is -0.496 e. The highest BCUT2D eigenvalue weighted by molar-refractivity contribution is 9.10. The predicted octanol–water partition coefficient (Wildman–Crippen LogP) is 5.57. The van der Waals surface area contributed by atoms with Gasteiger partial charge in [-0.2, -0.15) is 14.9 Å². The van der Waals surface area contributed by atoms with Crippen molar-refractivity contribution in [3.63, 3.8) is 0 Å². The fourth-order valence-electron chi connectivity index (χ4n) is 2.17. The first-order valence-corrected chi connectivity index (χ1v) is 8.96. The smallest absolute Gasteiger partial charge is 0.216 e. The monoisotopic (exact) mass is 456 g/mol. The van der Waals surface area contributed by atoms with Crippen molar-refractivity contribution in [1.82, 2.24) is 14.9 Å². The number of hydrogen-bond acceptors (Lipinski definition) is 4. The standard InChI is InChI=1S/C16H11BrCl2N4OS/c1-24-14-5-2-10(17)6-9(14)8-20-23-15(21-22-16(23)25)12-4-3-11(18)7-13(12)19/h2-8H,1H3,(H,22,25). The molecular formula is C16H11BrCl2N4OS. The van der Waals surface area contributed by atoms with Gasteiger partial charge in [0.1, 0.15) is 5.75 Å². The van der Waals surface area contributed by atoms with Crippen LogP contribution in [0.1, 0.15) is 5.56 Å². The van der Waals surface area contributed by atoms with Crippen LogP contribution in [0.2, 0.25) is 10.0 Å². The zero-order chi connectivity index (χ0) is 18.0. The number of rotatable bonds is 4. The Labute approximate surface area is 167 Å². The fraction of sp³-hybridized carbons (Fsp3) is 0.0625. The van der Waals surface area contributed by atoms with Crippen LogP contribution in [0.25, 0.3) is 11.4 Å². The molecule has 1 aromatic heterocycles.